The Balaban J connectivity index is 2.06. The molecule has 104 valence electrons. The summed E-state index contributed by atoms with van der Waals surface area (Å²) in [5.74, 6) is -0.255. The molecule has 3 nitrogen and oxygen atoms in total. The van der Waals surface area contributed by atoms with E-state index in [2.05, 4.69) is 17.1 Å². The van der Waals surface area contributed by atoms with E-state index in [1.54, 1.807) is 24.5 Å². The van der Waals surface area contributed by atoms with Gasteiger partial charge in [-0.3, -0.25) is 4.98 Å². The standard InChI is InChI=1S/C16H17NO2S/c1-3-19-16(18)12(2)9-14-6-7-15(20-14)10-13-5-4-8-17-11-13/h4-9,11H,3,10H2,1-2H3/b12-9-. The van der Waals surface area contributed by atoms with Gasteiger partial charge in [-0.1, -0.05) is 6.07 Å². The number of carbonyl (C=O) groups excluding carboxylic acids is 1. The van der Waals surface area contributed by atoms with Crippen LogP contribution in [0.15, 0.2) is 42.2 Å². The highest BCUT2D eigenvalue weighted by Gasteiger charge is 2.06. The van der Waals surface area contributed by atoms with Gasteiger partial charge in [-0.25, -0.2) is 4.79 Å². The number of hydrogen-bond acceptors (Lipinski definition) is 4. The van der Waals surface area contributed by atoms with E-state index < -0.39 is 0 Å². The maximum atomic E-state index is 11.6. The minimum atomic E-state index is -0.255. The Kier molecular flexibility index (Phi) is 5.07. The van der Waals surface area contributed by atoms with E-state index >= 15 is 0 Å². The molecule has 0 amide bonds. The first-order valence-electron chi connectivity index (χ1n) is 6.52. The van der Waals surface area contributed by atoms with Gasteiger partial charge in [-0.2, -0.15) is 0 Å². The van der Waals surface area contributed by atoms with E-state index in [1.165, 1.54) is 10.4 Å². The molecule has 2 heterocycles. The molecule has 0 atom stereocenters. The highest BCUT2D eigenvalue weighted by atomic mass is 32.1. The summed E-state index contributed by atoms with van der Waals surface area (Å²) in [6.45, 7) is 3.99. The lowest BCUT2D eigenvalue weighted by molar-refractivity contribution is -0.138. The summed E-state index contributed by atoms with van der Waals surface area (Å²) >= 11 is 1.68. The fourth-order valence-electron chi connectivity index (χ4n) is 1.79. The van der Waals surface area contributed by atoms with Crippen LogP contribution in [0.1, 0.15) is 29.2 Å². The first-order valence-corrected chi connectivity index (χ1v) is 7.33. The maximum Gasteiger partial charge on any atom is 0.333 e. The Labute approximate surface area is 122 Å². The van der Waals surface area contributed by atoms with Crippen LogP contribution in [0, 0.1) is 0 Å². The SMILES string of the molecule is CCOC(=O)/C(C)=C\c1ccc(Cc2cccnc2)s1. The van der Waals surface area contributed by atoms with Crippen molar-refractivity contribution >= 4 is 23.4 Å². The van der Waals surface area contributed by atoms with Gasteiger partial charge in [0.2, 0.25) is 0 Å². The average Bonchev–Trinajstić information content (AvgIpc) is 2.87. The van der Waals surface area contributed by atoms with Crippen molar-refractivity contribution in [2.45, 2.75) is 20.3 Å². The maximum absolute atomic E-state index is 11.6. The summed E-state index contributed by atoms with van der Waals surface area (Å²) < 4.78 is 4.97. The second-order valence-electron chi connectivity index (χ2n) is 4.39. The predicted molar refractivity (Wildman–Crippen MR) is 81.6 cm³/mol. The van der Waals surface area contributed by atoms with Gasteiger partial charge in [0.1, 0.15) is 0 Å². The van der Waals surface area contributed by atoms with Crippen LogP contribution in [0.25, 0.3) is 6.08 Å². The van der Waals surface area contributed by atoms with E-state index in [0.29, 0.717) is 12.2 Å². The molecule has 20 heavy (non-hydrogen) atoms. The van der Waals surface area contributed by atoms with Crippen molar-refractivity contribution in [1.29, 1.82) is 0 Å². The minimum absolute atomic E-state index is 0.255. The molecule has 0 radical (unpaired) electrons. The van der Waals surface area contributed by atoms with Crippen molar-refractivity contribution in [3.8, 4) is 0 Å². The summed E-state index contributed by atoms with van der Waals surface area (Å²) in [5, 5.41) is 0. The molecule has 2 aromatic heterocycles. The van der Waals surface area contributed by atoms with Crippen LogP contribution in [0.2, 0.25) is 0 Å². The third kappa shape index (κ3) is 4.03. The predicted octanol–water partition coefficient (Wildman–Crippen LogP) is 3.70. The third-order valence-electron chi connectivity index (χ3n) is 2.74. The number of esters is 1. The summed E-state index contributed by atoms with van der Waals surface area (Å²) in [6.07, 6.45) is 6.38. The first-order chi connectivity index (χ1) is 9.69. The molecule has 0 fully saturated rings. The van der Waals surface area contributed by atoms with Crippen molar-refractivity contribution in [1.82, 2.24) is 4.98 Å². The van der Waals surface area contributed by atoms with Crippen molar-refractivity contribution in [3.05, 3.63) is 57.6 Å². The molecule has 0 aromatic carbocycles. The normalized spacial score (nSPS) is 11.4. The van der Waals surface area contributed by atoms with Crippen LogP contribution in [-0.2, 0) is 16.0 Å². The molecular weight excluding hydrogens is 270 g/mol. The smallest absolute Gasteiger partial charge is 0.333 e. The molecule has 4 heteroatoms. The molecule has 2 rings (SSSR count). The van der Waals surface area contributed by atoms with Crippen LogP contribution in [0.3, 0.4) is 0 Å². The van der Waals surface area contributed by atoms with Gasteiger partial charge in [0.15, 0.2) is 0 Å². The summed E-state index contributed by atoms with van der Waals surface area (Å²) in [5.41, 5.74) is 1.81. The lowest BCUT2D eigenvalue weighted by atomic mass is 10.2. The molecule has 0 saturated heterocycles. The van der Waals surface area contributed by atoms with Gasteiger partial charge in [-0.15, -0.1) is 11.3 Å². The van der Waals surface area contributed by atoms with Crippen molar-refractivity contribution in [3.63, 3.8) is 0 Å². The van der Waals surface area contributed by atoms with Crippen molar-refractivity contribution in [2.75, 3.05) is 6.61 Å². The van der Waals surface area contributed by atoms with Gasteiger partial charge in [0.05, 0.1) is 6.61 Å². The quantitative estimate of drug-likeness (QED) is 0.622. The number of thiophene rings is 1. The monoisotopic (exact) mass is 287 g/mol. The Morgan fingerprint density at radius 3 is 2.95 bits per heavy atom. The average molecular weight is 287 g/mol. The van der Waals surface area contributed by atoms with E-state index in [0.717, 1.165) is 11.3 Å². The highest BCUT2D eigenvalue weighted by molar-refractivity contribution is 7.12. The topological polar surface area (TPSA) is 39.2 Å². The van der Waals surface area contributed by atoms with Gasteiger partial charge < -0.3 is 4.74 Å². The number of ether oxygens (including phenoxy) is 1. The first kappa shape index (κ1) is 14.5. The number of carbonyl (C=O) groups is 1. The molecule has 0 saturated carbocycles. The van der Waals surface area contributed by atoms with Gasteiger partial charge in [0.25, 0.3) is 0 Å². The Hall–Kier alpha value is -1.94. The zero-order valence-electron chi connectivity index (χ0n) is 11.6. The molecule has 0 bridgehead atoms. The second kappa shape index (κ2) is 7.01. The summed E-state index contributed by atoms with van der Waals surface area (Å²) in [4.78, 5) is 18.0. The van der Waals surface area contributed by atoms with Gasteiger partial charge >= 0.3 is 5.97 Å². The number of pyridine rings is 1. The Morgan fingerprint density at radius 1 is 1.40 bits per heavy atom. The zero-order chi connectivity index (χ0) is 14.4. The Bertz CT molecular complexity index is 602. The van der Waals surface area contributed by atoms with Crippen molar-refractivity contribution in [2.24, 2.45) is 0 Å². The van der Waals surface area contributed by atoms with Crippen LogP contribution >= 0.6 is 11.3 Å². The molecule has 0 aliphatic heterocycles. The van der Waals surface area contributed by atoms with Crippen LogP contribution in [-0.4, -0.2) is 17.6 Å². The number of rotatable bonds is 5. The molecule has 0 aliphatic carbocycles. The second-order valence-corrected chi connectivity index (χ2v) is 5.59. The molecular formula is C16H17NO2S. The third-order valence-corrected chi connectivity index (χ3v) is 3.77. The van der Waals surface area contributed by atoms with Crippen LogP contribution in [0.5, 0.6) is 0 Å². The summed E-state index contributed by atoms with van der Waals surface area (Å²) in [6, 6.07) is 8.11. The minimum Gasteiger partial charge on any atom is -0.463 e. The van der Waals surface area contributed by atoms with E-state index in [9.17, 15) is 4.79 Å². The fraction of sp³-hybridized carbons (Fsp3) is 0.250. The van der Waals surface area contributed by atoms with E-state index in [1.807, 2.05) is 31.3 Å². The largest absolute Gasteiger partial charge is 0.463 e. The lowest BCUT2D eigenvalue weighted by Gasteiger charge is -2.00. The van der Waals surface area contributed by atoms with E-state index in [-0.39, 0.29) is 5.97 Å². The number of hydrogen-bond donors (Lipinski definition) is 0. The van der Waals surface area contributed by atoms with E-state index in [4.69, 9.17) is 4.74 Å². The van der Waals surface area contributed by atoms with Gasteiger partial charge in [0, 0.05) is 34.1 Å². The van der Waals surface area contributed by atoms with Crippen LogP contribution < -0.4 is 0 Å². The zero-order valence-corrected chi connectivity index (χ0v) is 12.4. The van der Waals surface area contributed by atoms with Crippen molar-refractivity contribution < 1.29 is 9.53 Å². The molecule has 0 aliphatic rings. The fourth-order valence-corrected chi connectivity index (χ4v) is 2.84. The molecule has 2 aromatic rings. The highest BCUT2D eigenvalue weighted by Crippen LogP contribution is 2.22. The molecule has 0 N–H and O–H groups in total. The number of aromatic nitrogens is 1. The van der Waals surface area contributed by atoms with Crippen LogP contribution in [0.4, 0.5) is 0 Å². The molecule has 0 unspecified atom stereocenters. The molecule has 0 spiro atoms. The lowest BCUT2D eigenvalue weighted by Crippen LogP contribution is -2.04. The Morgan fingerprint density at radius 2 is 2.25 bits per heavy atom. The van der Waals surface area contributed by atoms with Gasteiger partial charge in [-0.05, 0) is 43.7 Å². The number of nitrogens with zero attached hydrogens (tertiary/aromatic N) is 1. The summed E-state index contributed by atoms with van der Waals surface area (Å²) in [7, 11) is 0.